The van der Waals surface area contributed by atoms with Crippen molar-refractivity contribution < 1.29 is 13.2 Å². The SMILES string of the molecule is Cc1cc(C(=O)CN(C)Cc2nc3ccccc3s2)c(C)n1-c1ccc(S(N)(=O)=O)cc1. The smallest absolute Gasteiger partial charge is 0.238 e. The van der Waals surface area contributed by atoms with Crippen LogP contribution < -0.4 is 5.14 Å². The molecule has 9 heteroatoms. The van der Waals surface area contributed by atoms with Gasteiger partial charge in [-0.05, 0) is 63.4 Å². The fourth-order valence-corrected chi connectivity index (χ4v) is 5.40. The molecule has 2 N–H and O–H groups in total. The van der Waals surface area contributed by atoms with E-state index in [2.05, 4.69) is 4.98 Å². The van der Waals surface area contributed by atoms with Crippen LogP contribution in [0.25, 0.3) is 15.9 Å². The predicted octanol–water partition coefficient (Wildman–Crippen LogP) is 3.67. The van der Waals surface area contributed by atoms with E-state index in [0.29, 0.717) is 12.1 Å². The van der Waals surface area contributed by atoms with Crippen molar-refractivity contribution >= 4 is 37.4 Å². The van der Waals surface area contributed by atoms with Gasteiger partial charge >= 0.3 is 0 Å². The maximum absolute atomic E-state index is 13.1. The normalized spacial score (nSPS) is 12.0. The molecular weight excluding hydrogens is 444 g/mol. The molecule has 0 amide bonds. The molecule has 166 valence electrons. The second-order valence-corrected chi connectivity index (χ2v) is 10.5. The van der Waals surface area contributed by atoms with Crippen LogP contribution in [0, 0.1) is 13.8 Å². The molecule has 0 aliphatic heterocycles. The average molecular weight is 469 g/mol. The Kier molecular flexibility index (Phi) is 6.00. The number of sulfonamides is 1. The summed E-state index contributed by atoms with van der Waals surface area (Å²) in [5.41, 5.74) is 4.10. The van der Waals surface area contributed by atoms with E-state index in [9.17, 15) is 13.2 Å². The number of rotatable bonds is 7. The number of hydrogen-bond donors (Lipinski definition) is 1. The van der Waals surface area contributed by atoms with Crippen LogP contribution in [0.4, 0.5) is 0 Å². The van der Waals surface area contributed by atoms with Gasteiger partial charge in [-0.3, -0.25) is 9.69 Å². The first kappa shape index (κ1) is 22.3. The van der Waals surface area contributed by atoms with Gasteiger partial charge in [0.15, 0.2) is 5.78 Å². The molecule has 0 bridgehead atoms. The Balaban J connectivity index is 1.51. The van der Waals surface area contributed by atoms with Gasteiger partial charge in [0.25, 0.3) is 0 Å². The summed E-state index contributed by atoms with van der Waals surface area (Å²) in [6.07, 6.45) is 0. The number of nitrogens with zero attached hydrogens (tertiary/aromatic N) is 3. The van der Waals surface area contributed by atoms with E-state index >= 15 is 0 Å². The van der Waals surface area contributed by atoms with Gasteiger partial charge in [0.1, 0.15) is 5.01 Å². The zero-order chi connectivity index (χ0) is 23.0. The number of Topliss-reactive ketones (excluding diaryl/α,β-unsaturated/α-hetero) is 1. The lowest BCUT2D eigenvalue weighted by Crippen LogP contribution is -2.25. The molecular formula is C23H24N4O3S2. The summed E-state index contributed by atoms with van der Waals surface area (Å²) in [6, 6.07) is 16.2. The predicted molar refractivity (Wildman–Crippen MR) is 127 cm³/mol. The molecule has 0 unspecified atom stereocenters. The number of benzene rings is 2. The van der Waals surface area contributed by atoms with Gasteiger partial charge in [0, 0.05) is 22.6 Å². The van der Waals surface area contributed by atoms with Crippen LogP contribution in [0.1, 0.15) is 26.8 Å². The molecule has 0 aliphatic rings. The van der Waals surface area contributed by atoms with Gasteiger partial charge in [0.05, 0.1) is 28.2 Å². The zero-order valence-electron chi connectivity index (χ0n) is 18.1. The van der Waals surface area contributed by atoms with Gasteiger partial charge in [-0.1, -0.05) is 12.1 Å². The lowest BCUT2D eigenvalue weighted by atomic mass is 10.1. The second kappa shape index (κ2) is 8.59. The van der Waals surface area contributed by atoms with E-state index < -0.39 is 10.0 Å². The number of thiazole rings is 1. The van der Waals surface area contributed by atoms with Crippen LogP contribution >= 0.6 is 11.3 Å². The largest absolute Gasteiger partial charge is 0.318 e. The van der Waals surface area contributed by atoms with Crippen LogP contribution in [0.3, 0.4) is 0 Å². The number of nitrogens with two attached hydrogens (primary N) is 1. The minimum atomic E-state index is -3.75. The molecule has 0 spiro atoms. The average Bonchev–Trinajstić information content (AvgIpc) is 3.26. The number of likely N-dealkylation sites (N-methyl/N-ethyl adjacent to an activating group) is 1. The van der Waals surface area contributed by atoms with Crippen LogP contribution in [0.2, 0.25) is 0 Å². The van der Waals surface area contributed by atoms with Crippen molar-refractivity contribution in [2.45, 2.75) is 25.3 Å². The van der Waals surface area contributed by atoms with Crippen LogP contribution in [0.5, 0.6) is 0 Å². The number of primary sulfonamides is 1. The Labute approximate surface area is 191 Å². The van der Waals surface area contributed by atoms with Crippen molar-refractivity contribution in [1.29, 1.82) is 0 Å². The fourth-order valence-electron chi connectivity index (χ4n) is 3.83. The standard InChI is InChI=1S/C23H24N4O3S2/c1-15-12-19(16(2)27(15)17-8-10-18(11-9-17)32(24,29)30)21(28)13-26(3)14-23-25-20-6-4-5-7-22(20)31-23/h4-12H,13-14H2,1-3H3,(H2,24,29,30). The molecule has 32 heavy (non-hydrogen) atoms. The van der Waals surface area contributed by atoms with Gasteiger partial charge in [0.2, 0.25) is 10.0 Å². The fraction of sp³-hybridized carbons (Fsp3) is 0.217. The zero-order valence-corrected chi connectivity index (χ0v) is 19.7. The maximum Gasteiger partial charge on any atom is 0.238 e. The van der Waals surface area contributed by atoms with E-state index in [0.717, 1.165) is 32.3 Å². The van der Waals surface area contributed by atoms with E-state index in [1.807, 2.05) is 60.7 Å². The minimum Gasteiger partial charge on any atom is -0.318 e. The van der Waals surface area contributed by atoms with Crippen molar-refractivity contribution in [2.75, 3.05) is 13.6 Å². The summed E-state index contributed by atoms with van der Waals surface area (Å²) in [4.78, 5) is 19.7. The summed E-state index contributed by atoms with van der Waals surface area (Å²) < 4.78 is 26.1. The molecule has 4 rings (SSSR count). The first-order chi connectivity index (χ1) is 15.1. The highest BCUT2D eigenvalue weighted by atomic mass is 32.2. The molecule has 2 aromatic heterocycles. The number of carbonyl (C=O) groups excluding carboxylic acids is 1. The van der Waals surface area contributed by atoms with Crippen molar-refractivity contribution in [3.63, 3.8) is 0 Å². The van der Waals surface area contributed by atoms with Crippen molar-refractivity contribution in [3.8, 4) is 5.69 Å². The Morgan fingerprint density at radius 3 is 2.47 bits per heavy atom. The summed E-state index contributed by atoms with van der Waals surface area (Å²) in [6.45, 7) is 4.67. The molecule has 0 atom stereocenters. The Hall–Kier alpha value is -2.85. The molecule has 0 fully saturated rings. The summed E-state index contributed by atoms with van der Waals surface area (Å²) in [7, 11) is -1.84. The monoisotopic (exact) mass is 468 g/mol. The Morgan fingerprint density at radius 1 is 1.12 bits per heavy atom. The molecule has 0 saturated heterocycles. The van der Waals surface area contributed by atoms with Crippen molar-refractivity contribution in [1.82, 2.24) is 14.5 Å². The number of carbonyl (C=O) groups is 1. The van der Waals surface area contributed by atoms with Crippen molar-refractivity contribution in [3.05, 3.63) is 76.6 Å². The van der Waals surface area contributed by atoms with Gasteiger partial charge < -0.3 is 4.57 Å². The Morgan fingerprint density at radius 2 is 1.81 bits per heavy atom. The van der Waals surface area contributed by atoms with E-state index in [4.69, 9.17) is 5.14 Å². The van der Waals surface area contributed by atoms with Crippen molar-refractivity contribution in [2.24, 2.45) is 5.14 Å². The van der Waals surface area contributed by atoms with Crippen LogP contribution in [0.15, 0.2) is 59.5 Å². The third kappa shape index (κ3) is 4.51. The number of fused-ring (bicyclic) bond motifs is 1. The number of aromatic nitrogens is 2. The number of ketones is 1. The highest BCUT2D eigenvalue weighted by molar-refractivity contribution is 7.89. The summed E-state index contributed by atoms with van der Waals surface area (Å²) >= 11 is 1.64. The minimum absolute atomic E-state index is 0.0223. The molecule has 4 aromatic rings. The molecule has 7 nitrogen and oxygen atoms in total. The number of aryl methyl sites for hydroxylation is 1. The first-order valence-corrected chi connectivity index (χ1v) is 12.4. The lowest BCUT2D eigenvalue weighted by Gasteiger charge is -2.14. The van der Waals surface area contributed by atoms with E-state index in [1.54, 1.807) is 23.5 Å². The molecule has 2 aromatic carbocycles. The summed E-state index contributed by atoms with van der Waals surface area (Å²) in [5.74, 6) is 0.0223. The van der Waals surface area contributed by atoms with Gasteiger partial charge in [-0.2, -0.15) is 0 Å². The van der Waals surface area contributed by atoms with Gasteiger partial charge in [-0.25, -0.2) is 18.5 Å². The topological polar surface area (TPSA) is 98.3 Å². The van der Waals surface area contributed by atoms with Crippen LogP contribution in [-0.4, -0.2) is 42.2 Å². The molecule has 0 saturated carbocycles. The third-order valence-corrected chi connectivity index (χ3v) is 7.26. The maximum atomic E-state index is 13.1. The lowest BCUT2D eigenvalue weighted by molar-refractivity contribution is 0.0942. The molecule has 2 heterocycles. The molecule has 0 aliphatic carbocycles. The quantitative estimate of drug-likeness (QED) is 0.417. The summed E-state index contributed by atoms with van der Waals surface area (Å²) in [5, 5.41) is 6.16. The van der Waals surface area contributed by atoms with E-state index in [-0.39, 0.29) is 17.2 Å². The van der Waals surface area contributed by atoms with E-state index in [1.165, 1.54) is 12.1 Å². The van der Waals surface area contributed by atoms with Crippen LogP contribution in [-0.2, 0) is 16.6 Å². The highest BCUT2D eigenvalue weighted by Gasteiger charge is 2.19. The van der Waals surface area contributed by atoms with Gasteiger partial charge in [-0.15, -0.1) is 11.3 Å². The first-order valence-electron chi connectivity index (χ1n) is 10.0. The molecule has 0 radical (unpaired) electrons. The Bertz CT molecular complexity index is 1370. The number of para-hydroxylation sites is 1. The highest BCUT2D eigenvalue weighted by Crippen LogP contribution is 2.24. The number of hydrogen-bond acceptors (Lipinski definition) is 6. The second-order valence-electron chi connectivity index (χ2n) is 7.83. The third-order valence-electron chi connectivity index (χ3n) is 5.31.